The number of halogens is 2. The summed E-state index contributed by atoms with van der Waals surface area (Å²) in [5.41, 5.74) is 6.53. The van der Waals surface area contributed by atoms with Crippen molar-refractivity contribution in [2.45, 2.75) is 19.8 Å². The third-order valence-electron chi connectivity index (χ3n) is 3.09. The lowest BCUT2D eigenvalue weighted by Gasteiger charge is -2.18. The lowest BCUT2D eigenvalue weighted by molar-refractivity contribution is -0.116. The first-order valence-electron chi connectivity index (χ1n) is 6.85. The molecular weight excluding hydrogens is 313 g/mol. The average Bonchev–Trinajstić information content (AvgIpc) is 2.41. The van der Waals surface area contributed by atoms with Crippen LogP contribution in [0.3, 0.4) is 0 Å². The number of anilines is 2. The van der Waals surface area contributed by atoms with Crippen LogP contribution in [0.25, 0.3) is 0 Å². The zero-order valence-corrected chi connectivity index (χ0v) is 13.5. The quantitative estimate of drug-likeness (QED) is 0.639. The van der Waals surface area contributed by atoms with Gasteiger partial charge >= 0.3 is 0 Å². The predicted octanol–water partition coefficient (Wildman–Crippen LogP) is 2.61. The van der Waals surface area contributed by atoms with Gasteiger partial charge in [0.25, 0.3) is 0 Å². The minimum Gasteiger partial charge on any atom is -0.397 e. The smallest absolute Gasteiger partial charge is 0.224 e. The van der Waals surface area contributed by atoms with Gasteiger partial charge in [-0.3, -0.25) is 4.79 Å². The Balaban J connectivity index is 2.48. The number of aliphatic hydroxyl groups is 1. The maximum atomic E-state index is 11.9. The van der Waals surface area contributed by atoms with E-state index in [9.17, 15) is 4.79 Å². The van der Waals surface area contributed by atoms with Gasteiger partial charge in [-0.25, -0.2) is 0 Å². The summed E-state index contributed by atoms with van der Waals surface area (Å²) in [7, 11) is 0. The highest BCUT2D eigenvalue weighted by Gasteiger charge is 2.11. The Labute approximate surface area is 135 Å². The lowest BCUT2D eigenvalue weighted by Crippen LogP contribution is -2.28. The van der Waals surface area contributed by atoms with Crippen LogP contribution in [0, 0.1) is 0 Å². The van der Waals surface area contributed by atoms with Crippen molar-refractivity contribution in [1.29, 1.82) is 0 Å². The normalized spacial score (nSPS) is 10.9. The first-order chi connectivity index (χ1) is 9.97. The highest BCUT2D eigenvalue weighted by atomic mass is 35.5. The molecule has 1 aromatic carbocycles. The number of carbonyl (C=O) groups is 1. The summed E-state index contributed by atoms with van der Waals surface area (Å²) in [4.78, 5) is 14.0. The molecule has 0 atom stereocenters. The number of nitrogens with two attached hydrogens (primary N) is 1. The van der Waals surface area contributed by atoms with Crippen molar-refractivity contribution in [2.75, 3.05) is 37.3 Å². The Kier molecular flexibility index (Phi) is 7.82. The second kappa shape index (κ2) is 9.10. The third-order valence-corrected chi connectivity index (χ3v) is 3.61. The van der Waals surface area contributed by atoms with Crippen LogP contribution in [0.2, 0.25) is 10.0 Å². The maximum Gasteiger partial charge on any atom is 0.224 e. The van der Waals surface area contributed by atoms with Crippen LogP contribution in [-0.2, 0) is 4.79 Å². The summed E-state index contributed by atoms with van der Waals surface area (Å²) in [5.74, 6) is -0.147. The van der Waals surface area contributed by atoms with Gasteiger partial charge < -0.3 is 21.1 Å². The molecule has 0 aliphatic rings. The van der Waals surface area contributed by atoms with Gasteiger partial charge in [0.05, 0.1) is 23.0 Å². The van der Waals surface area contributed by atoms with Crippen LogP contribution in [0.1, 0.15) is 19.8 Å². The van der Waals surface area contributed by atoms with Crippen molar-refractivity contribution >= 4 is 40.5 Å². The van der Waals surface area contributed by atoms with Crippen molar-refractivity contribution < 1.29 is 9.90 Å². The van der Waals surface area contributed by atoms with E-state index in [-0.39, 0.29) is 12.5 Å². The molecule has 0 aromatic heterocycles. The zero-order chi connectivity index (χ0) is 15.8. The Morgan fingerprint density at radius 1 is 1.38 bits per heavy atom. The summed E-state index contributed by atoms with van der Waals surface area (Å²) in [5, 5.41) is 12.4. The summed E-state index contributed by atoms with van der Waals surface area (Å²) in [6, 6.07) is 3.08. The number of hydrogen-bond donors (Lipinski definition) is 3. The first kappa shape index (κ1) is 18.0. The fourth-order valence-corrected chi connectivity index (χ4v) is 2.52. The van der Waals surface area contributed by atoms with Crippen molar-refractivity contribution in [3.8, 4) is 0 Å². The molecule has 0 heterocycles. The number of rotatable bonds is 8. The van der Waals surface area contributed by atoms with Crippen LogP contribution in [-0.4, -0.2) is 42.2 Å². The molecule has 1 rings (SSSR count). The summed E-state index contributed by atoms with van der Waals surface area (Å²) in [6.07, 6.45) is 1.06. The van der Waals surface area contributed by atoms with E-state index in [1.807, 2.05) is 6.92 Å². The van der Waals surface area contributed by atoms with Crippen molar-refractivity contribution in [2.24, 2.45) is 0 Å². The highest BCUT2D eigenvalue weighted by molar-refractivity contribution is 6.37. The fraction of sp³-hybridized carbons (Fsp3) is 0.500. The van der Waals surface area contributed by atoms with Crippen molar-refractivity contribution in [3.63, 3.8) is 0 Å². The number of carbonyl (C=O) groups excluding carboxylic acids is 1. The van der Waals surface area contributed by atoms with E-state index in [1.54, 1.807) is 6.07 Å². The molecule has 21 heavy (non-hydrogen) atoms. The highest BCUT2D eigenvalue weighted by Crippen LogP contribution is 2.32. The van der Waals surface area contributed by atoms with Gasteiger partial charge in [-0.15, -0.1) is 0 Å². The molecule has 0 radical (unpaired) electrons. The van der Waals surface area contributed by atoms with Crippen LogP contribution in [0.4, 0.5) is 11.4 Å². The standard InChI is InChI=1S/C14H21Cl2N3O2/c1-2-19(6-7-20)5-3-4-13(21)18-14-11(16)8-10(15)9-12(14)17/h8-9,20H,2-7,17H2,1H3,(H,18,21). The number of benzene rings is 1. The Hall–Kier alpha value is -1.01. The van der Waals surface area contributed by atoms with Gasteiger partial charge in [0.2, 0.25) is 5.91 Å². The maximum absolute atomic E-state index is 11.9. The van der Waals surface area contributed by atoms with Gasteiger partial charge in [-0.1, -0.05) is 30.1 Å². The SMILES string of the molecule is CCN(CCO)CCCC(=O)Nc1c(N)cc(Cl)cc1Cl. The van der Waals surface area contributed by atoms with E-state index >= 15 is 0 Å². The molecule has 7 heteroatoms. The summed E-state index contributed by atoms with van der Waals surface area (Å²) >= 11 is 11.8. The first-order valence-corrected chi connectivity index (χ1v) is 7.61. The van der Waals surface area contributed by atoms with Crippen LogP contribution < -0.4 is 11.1 Å². The molecule has 0 bridgehead atoms. The van der Waals surface area contributed by atoms with Crippen molar-refractivity contribution in [3.05, 3.63) is 22.2 Å². The molecule has 5 nitrogen and oxygen atoms in total. The zero-order valence-electron chi connectivity index (χ0n) is 12.0. The minimum absolute atomic E-state index is 0.122. The largest absolute Gasteiger partial charge is 0.397 e. The number of amides is 1. The van der Waals surface area contributed by atoms with Crippen LogP contribution >= 0.6 is 23.2 Å². The molecule has 1 aromatic rings. The van der Waals surface area contributed by atoms with E-state index in [1.165, 1.54) is 6.07 Å². The number of nitrogens with one attached hydrogen (secondary N) is 1. The molecule has 0 aliphatic carbocycles. The molecular formula is C14H21Cl2N3O2. The number of aliphatic hydroxyl groups excluding tert-OH is 1. The second-order valence-corrected chi connectivity index (χ2v) is 5.51. The second-order valence-electron chi connectivity index (χ2n) is 4.66. The molecule has 0 aliphatic heterocycles. The number of likely N-dealkylation sites (N-methyl/N-ethyl adjacent to an activating group) is 1. The van der Waals surface area contributed by atoms with E-state index in [4.69, 9.17) is 34.0 Å². The van der Waals surface area contributed by atoms with Gasteiger partial charge in [-0.05, 0) is 31.6 Å². The molecule has 0 unspecified atom stereocenters. The number of nitrogen functional groups attached to an aromatic ring is 1. The Morgan fingerprint density at radius 3 is 2.67 bits per heavy atom. The van der Waals surface area contributed by atoms with E-state index in [0.717, 1.165) is 13.1 Å². The van der Waals surface area contributed by atoms with E-state index in [2.05, 4.69) is 10.2 Å². The van der Waals surface area contributed by atoms with Gasteiger partial charge in [-0.2, -0.15) is 0 Å². The van der Waals surface area contributed by atoms with Crippen molar-refractivity contribution in [1.82, 2.24) is 4.90 Å². The number of hydrogen-bond acceptors (Lipinski definition) is 4. The van der Waals surface area contributed by atoms with E-state index < -0.39 is 0 Å². The molecule has 4 N–H and O–H groups in total. The molecule has 1 amide bonds. The van der Waals surface area contributed by atoms with Crippen LogP contribution in [0.15, 0.2) is 12.1 Å². The van der Waals surface area contributed by atoms with Gasteiger partial charge in [0.1, 0.15) is 0 Å². The average molecular weight is 334 g/mol. The van der Waals surface area contributed by atoms with Gasteiger partial charge in [0.15, 0.2) is 0 Å². The molecule has 0 saturated heterocycles. The minimum atomic E-state index is -0.147. The summed E-state index contributed by atoms with van der Waals surface area (Å²) in [6.45, 7) is 4.36. The lowest BCUT2D eigenvalue weighted by atomic mass is 10.2. The monoisotopic (exact) mass is 333 g/mol. The van der Waals surface area contributed by atoms with Crippen LogP contribution in [0.5, 0.6) is 0 Å². The topological polar surface area (TPSA) is 78.6 Å². The molecule has 0 fully saturated rings. The number of nitrogens with zero attached hydrogens (tertiary/aromatic N) is 1. The Bertz CT molecular complexity index is 460. The molecule has 0 spiro atoms. The fourth-order valence-electron chi connectivity index (χ4n) is 1.96. The molecule has 0 saturated carbocycles. The van der Waals surface area contributed by atoms with E-state index in [0.29, 0.717) is 40.8 Å². The Morgan fingerprint density at radius 2 is 2.10 bits per heavy atom. The summed E-state index contributed by atoms with van der Waals surface area (Å²) < 4.78 is 0. The van der Waals surface area contributed by atoms with Gasteiger partial charge in [0, 0.05) is 18.0 Å². The molecule has 118 valence electrons. The third kappa shape index (κ3) is 6.09. The predicted molar refractivity (Wildman–Crippen MR) is 87.9 cm³/mol.